The molecule has 0 spiro atoms. The number of nitrogens with one attached hydrogen (secondary N) is 1. The molecule has 2 aromatic heterocycles. The number of anilines is 1. The van der Waals surface area contributed by atoms with Gasteiger partial charge in [-0.2, -0.15) is 5.26 Å². The van der Waals surface area contributed by atoms with Crippen LogP contribution in [0.2, 0.25) is 0 Å². The Morgan fingerprint density at radius 1 is 1.67 bits per heavy atom. The van der Waals surface area contributed by atoms with Gasteiger partial charge in [0.1, 0.15) is 5.76 Å². The fourth-order valence-corrected chi connectivity index (χ4v) is 3.22. The largest absolute Gasteiger partial charge is 0.361 e. The maximum absolute atomic E-state index is 12.0. The normalized spacial score (nSPS) is 14.5. The van der Waals surface area contributed by atoms with Crippen molar-refractivity contribution in [3.63, 3.8) is 0 Å². The summed E-state index contributed by atoms with van der Waals surface area (Å²) in [5.41, 5.74) is 1.24. The van der Waals surface area contributed by atoms with Crippen LogP contribution >= 0.6 is 11.3 Å². The van der Waals surface area contributed by atoms with Crippen molar-refractivity contribution in [2.75, 3.05) is 18.4 Å². The van der Waals surface area contributed by atoms with Crippen LogP contribution < -0.4 is 5.32 Å². The van der Waals surface area contributed by atoms with Gasteiger partial charge in [0.25, 0.3) is 5.91 Å². The first-order valence-corrected chi connectivity index (χ1v) is 7.30. The number of thiazole rings is 1. The number of amides is 1. The molecule has 0 radical (unpaired) electrons. The lowest BCUT2D eigenvalue weighted by Gasteiger charge is -2.22. The molecule has 0 unspecified atom stereocenters. The number of fused-ring (bicyclic) bond motifs is 1. The second kappa shape index (κ2) is 5.63. The molecule has 1 aliphatic heterocycles. The Morgan fingerprint density at radius 3 is 3.24 bits per heavy atom. The van der Waals surface area contributed by atoms with Crippen molar-refractivity contribution in [1.82, 2.24) is 15.0 Å². The average molecular weight is 303 g/mol. The van der Waals surface area contributed by atoms with Gasteiger partial charge in [-0.15, -0.1) is 11.3 Å². The minimum absolute atomic E-state index is 0.242. The third-order valence-corrected chi connectivity index (χ3v) is 4.18. The maximum Gasteiger partial charge on any atom is 0.279 e. The van der Waals surface area contributed by atoms with Crippen molar-refractivity contribution in [2.24, 2.45) is 0 Å². The predicted octanol–water partition coefficient (Wildman–Crippen LogP) is 1.57. The van der Waals surface area contributed by atoms with Crippen molar-refractivity contribution in [1.29, 1.82) is 5.26 Å². The molecule has 1 amide bonds. The smallest absolute Gasteiger partial charge is 0.279 e. The van der Waals surface area contributed by atoms with Gasteiger partial charge in [0.15, 0.2) is 10.8 Å². The third-order valence-electron chi connectivity index (χ3n) is 3.19. The van der Waals surface area contributed by atoms with Crippen LogP contribution in [0, 0.1) is 18.3 Å². The first-order valence-electron chi connectivity index (χ1n) is 6.48. The second-order valence-corrected chi connectivity index (χ2v) is 5.87. The molecule has 0 bridgehead atoms. The minimum Gasteiger partial charge on any atom is -0.361 e. The molecule has 0 saturated heterocycles. The summed E-state index contributed by atoms with van der Waals surface area (Å²) in [5.74, 6) is 0.262. The molecular weight excluding hydrogens is 290 g/mol. The van der Waals surface area contributed by atoms with E-state index in [1.54, 1.807) is 13.0 Å². The van der Waals surface area contributed by atoms with Crippen LogP contribution in [0.3, 0.4) is 0 Å². The molecule has 21 heavy (non-hydrogen) atoms. The summed E-state index contributed by atoms with van der Waals surface area (Å²) in [6, 6.07) is 3.73. The molecule has 0 fully saturated rings. The van der Waals surface area contributed by atoms with E-state index in [0.717, 1.165) is 23.5 Å². The zero-order valence-corrected chi connectivity index (χ0v) is 12.2. The lowest BCUT2D eigenvalue weighted by Crippen LogP contribution is -2.30. The molecule has 1 N–H and O–H groups in total. The molecule has 3 rings (SSSR count). The summed E-state index contributed by atoms with van der Waals surface area (Å²) >= 11 is 1.44. The number of hydrogen-bond acceptors (Lipinski definition) is 7. The maximum atomic E-state index is 12.0. The monoisotopic (exact) mass is 303 g/mol. The van der Waals surface area contributed by atoms with E-state index in [1.807, 2.05) is 0 Å². The highest BCUT2D eigenvalue weighted by atomic mass is 32.1. The van der Waals surface area contributed by atoms with Crippen LogP contribution in [0.25, 0.3) is 0 Å². The number of aryl methyl sites for hydroxylation is 1. The van der Waals surface area contributed by atoms with E-state index in [4.69, 9.17) is 9.78 Å². The average Bonchev–Trinajstić information content (AvgIpc) is 3.04. The molecule has 7 nitrogen and oxygen atoms in total. The Labute approximate surface area is 125 Å². The summed E-state index contributed by atoms with van der Waals surface area (Å²) in [7, 11) is 0. The van der Waals surface area contributed by atoms with Crippen LogP contribution in [0.1, 0.15) is 26.8 Å². The van der Waals surface area contributed by atoms with Gasteiger partial charge in [-0.05, 0) is 6.92 Å². The minimum atomic E-state index is -0.327. The predicted molar refractivity (Wildman–Crippen MR) is 75.9 cm³/mol. The lowest BCUT2D eigenvalue weighted by atomic mass is 10.2. The fraction of sp³-hybridized carbons (Fsp3) is 0.385. The van der Waals surface area contributed by atoms with E-state index in [1.165, 1.54) is 11.3 Å². The molecule has 0 aromatic carbocycles. The molecule has 1 aliphatic rings. The highest BCUT2D eigenvalue weighted by Gasteiger charge is 2.21. The first kappa shape index (κ1) is 13.7. The molecule has 2 aromatic rings. The summed E-state index contributed by atoms with van der Waals surface area (Å²) in [6.07, 6.45) is 0.798. The molecule has 0 aliphatic carbocycles. The molecular formula is C13H13N5O2S. The number of hydrogen-bond donors (Lipinski definition) is 1. The van der Waals surface area contributed by atoms with Gasteiger partial charge in [0, 0.05) is 30.5 Å². The van der Waals surface area contributed by atoms with Gasteiger partial charge in [0.2, 0.25) is 0 Å². The Balaban J connectivity index is 1.71. The summed E-state index contributed by atoms with van der Waals surface area (Å²) in [4.78, 5) is 19.6. The van der Waals surface area contributed by atoms with Crippen molar-refractivity contribution < 1.29 is 9.32 Å². The van der Waals surface area contributed by atoms with Gasteiger partial charge < -0.3 is 4.52 Å². The standard InChI is InChI=1S/C13H13N5O2S/c1-8-6-10(17-20-8)12(19)16-13-15-9-2-4-18(5-3-14)7-11(9)21-13/h6H,2,4-5,7H2,1H3,(H,15,16,19). The van der Waals surface area contributed by atoms with Crippen molar-refractivity contribution >= 4 is 22.4 Å². The quantitative estimate of drug-likeness (QED) is 0.865. The van der Waals surface area contributed by atoms with E-state index in [2.05, 4.69) is 26.4 Å². The third kappa shape index (κ3) is 2.94. The second-order valence-electron chi connectivity index (χ2n) is 4.78. The zero-order chi connectivity index (χ0) is 14.8. The van der Waals surface area contributed by atoms with E-state index in [0.29, 0.717) is 24.0 Å². The van der Waals surface area contributed by atoms with E-state index < -0.39 is 0 Å². The summed E-state index contributed by atoms with van der Waals surface area (Å²) in [6.45, 7) is 3.67. The van der Waals surface area contributed by atoms with Crippen LogP contribution in [0.4, 0.5) is 5.13 Å². The SMILES string of the molecule is Cc1cc(C(=O)Nc2nc3c(s2)CN(CC#N)CC3)no1. The highest BCUT2D eigenvalue weighted by molar-refractivity contribution is 7.15. The van der Waals surface area contributed by atoms with Crippen LogP contribution in [-0.4, -0.2) is 34.0 Å². The number of nitriles is 1. The van der Waals surface area contributed by atoms with Crippen molar-refractivity contribution in [2.45, 2.75) is 19.9 Å². The number of nitrogens with zero attached hydrogens (tertiary/aromatic N) is 4. The number of rotatable bonds is 3. The van der Waals surface area contributed by atoms with Crippen LogP contribution in [0.15, 0.2) is 10.6 Å². The highest BCUT2D eigenvalue weighted by Crippen LogP contribution is 2.28. The number of aromatic nitrogens is 2. The molecule has 3 heterocycles. The van der Waals surface area contributed by atoms with E-state index in [-0.39, 0.29) is 11.6 Å². The zero-order valence-electron chi connectivity index (χ0n) is 11.4. The van der Waals surface area contributed by atoms with Crippen molar-refractivity contribution in [3.05, 3.63) is 28.1 Å². The van der Waals surface area contributed by atoms with E-state index >= 15 is 0 Å². The fourth-order valence-electron chi connectivity index (χ4n) is 2.17. The number of carbonyl (C=O) groups excluding carboxylic acids is 1. The Kier molecular flexibility index (Phi) is 3.68. The summed E-state index contributed by atoms with van der Waals surface area (Å²) in [5, 5.41) is 15.7. The topological polar surface area (TPSA) is 95.1 Å². The Bertz CT molecular complexity index is 714. The Morgan fingerprint density at radius 2 is 2.52 bits per heavy atom. The van der Waals surface area contributed by atoms with Crippen LogP contribution in [-0.2, 0) is 13.0 Å². The van der Waals surface area contributed by atoms with Crippen LogP contribution in [0.5, 0.6) is 0 Å². The molecule has 0 saturated carbocycles. The first-order chi connectivity index (χ1) is 10.2. The molecule has 8 heteroatoms. The number of carbonyl (C=O) groups is 1. The Hall–Kier alpha value is -2.24. The van der Waals surface area contributed by atoms with Gasteiger partial charge in [0.05, 0.1) is 18.3 Å². The van der Waals surface area contributed by atoms with E-state index in [9.17, 15) is 4.79 Å². The lowest BCUT2D eigenvalue weighted by molar-refractivity contribution is 0.101. The summed E-state index contributed by atoms with van der Waals surface area (Å²) < 4.78 is 4.88. The van der Waals surface area contributed by atoms with Gasteiger partial charge in [-0.1, -0.05) is 5.16 Å². The molecule has 108 valence electrons. The molecule has 0 atom stereocenters. The van der Waals surface area contributed by atoms with Gasteiger partial charge >= 0.3 is 0 Å². The van der Waals surface area contributed by atoms with Crippen molar-refractivity contribution in [3.8, 4) is 6.07 Å². The van der Waals surface area contributed by atoms with Gasteiger partial charge in [-0.3, -0.25) is 15.0 Å². The van der Waals surface area contributed by atoms with Gasteiger partial charge in [-0.25, -0.2) is 4.98 Å².